The summed E-state index contributed by atoms with van der Waals surface area (Å²) in [6.45, 7) is 9.26. The standard InChI is InChI=1S/C30H37N3O4S/c1-7-28(30(35)31-6)32(19-25-10-8-9-22(3)17-25)29(34)20-33(26-14-13-23(4)24(5)18-26)38(36,37)27-15-11-21(2)12-16-27/h8-18,28H,7,19-20H2,1-6H3,(H,31,35)/t28-/m1/s1. The first-order valence-electron chi connectivity index (χ1n) is 12.7. The van der Waals surface area contributed by atoms with Crippen LogP contribution in [0, 0.1) is 27.7 Å². The first kappa shape index (κ1) is 28.9. The second-order valence-electron chi connectivity index (χ2n) is 9.64. The van der Waals surface area contributed by atoms with Gasteiger partial charge in [0.25, 0.3) is 10.0 Å². The molecule has 0 aliphatic carbocycles. The Bertz CT molecular complexity index is 1400. The lowest BCUT2D eigenvalue weighted by molar-refractivity contribution is -0.140. The Hall–Kier alpha value is -3.65. The van der Waals surface area contributed by atoms with Crippen LogP contribution in [0.3, 0.4) is 0 Å². The number of nitrogens with zero attached hydrogens (tertiary/aromatic N) is 2. The molecule has 1 N–H and O–H groups in total. The Balaban J connectivity index is 2.09. The molecule has 0 aliphatic rings. The largest absolute Gasteiger partial charge is 0.357 e. The van der Waals surface area contributed by atoms with Gasteiger partial charge in [0, 0.05) is 13.6 Å². The van der Waals surface area contributed by atoms with E-state index in [0.717, 1.165) is 32.1 Å². The van der Waals surface area contributed by atoms with E-state index in [0.29, 0.717) is 12.1 Å². The van der Waals surface area contributed by atoms with Gasteiger partial charge >= 0.3 is 0 Å². The highest BCUT2D eigenvalue weighted by atomic mass is 32.2. The van der Waals surface area contributed by atoms with Crippen molar-refractivity contribution >= 4 is 27.5 Å². The van der Waals surface area contributed by atoms with Gasteiger partial charge in [0.1, 0.15) is 12.6 Å². The molecule has 0 aliphatic heterocycles. The molecular weight excluding hydrogens is 498 g/mol. The van der Waals surface area contributed by atoms with E-state index < -0.39 is 28.5 Å². The average Bonchev–Trinajstić information content (AvgIpc) is 2.88. The van der Waals surface area contributed by atoms with Gasteiger partial charge in [0.15, 0.2) is 0 Å². The predicted molar refractivity (Wildman–Crippen MR) is 152 cm³/mol. The summed E-state index contributed by atoms with van der Waals surface area (Å²) >= 11 is 0. The van der Waals surface area contributed by atoms with E-state index in [4.69, 9.17) is 0 Å². The van der Waals surface area contributed by atoms with E-state index >= 15 is 0 Å². The first-order chi connectivity index (χ1) is 18.0. The molecule has 38 heavy (non-hydrogen) atoms. The highest BCUT2D eigenvalue weighted by Gasteiger charge is 2.33. The van der Waals surface area contributed by atoms with Crippen LogP contribution in [0.4, 0.5) is 5.69 Å². The molecule has 0 bridgehead atoms. The van der Waals surface area contributed by atoms with Crippen molar-refractivity contribution < 1.29 is 18.0 Å². The maximum atomic E-state index is 14.0. The van der Waals surface area contributed by atoms with Crippen molar-refractivity contribution in [1.29, 1.82) is 0 Å². The molecule has 0 spiro atoms. The van der Waals surface area contributed by atoms with Gasteiger partial charge in [-0.15, -0.1) is 0 Å². The number of anilines is 1. The predicted octanol–water partition coefficient (Wildman–Crippen LogP) is 4.67. The molecule has 3 rings (SSSR count). The second kappa shape index (κ2) is 12.3. The molecule has 0 heterocycles. The third-order valence-electron chi connectivity index (χ3n) is 6.73. The maximum absolute atomic E-state index is 14.0. The fourth-order valence-electron chi connectivity index (χ4n) is 4.34. The number of amides is 2. The molecule has 0 saturated heterocycles. The Morgan fingerprint density at radius 1 is 0.868 bits per heavy atom. The van der Waals surface area contributed by atoms with E-state index in [1.54, 1.807) is 36.4 Å². The number of carbonyl (C=O) groups excluding carboxylic acids is 2. The van der Waals surface area contributed by atoms with E-state index in [9.17, 15) is 18.0 Å². The number of hydrogen-bond donors (Lipinski definition) is 1. The highest BCUT2D eigenvalue weighted by Crippen LogP contribution is 2.27. The van der Waals surface area contributed by atoms with Crippen molar-refractivity contribution in [1.82, 2.24) is 10.2 Å². The molecular formula is C30H37N3O4S. The summed E-state index contributed by atoms with van der Waals surface area (Å²) in [5.41, 5.74) is 5.14. The van der Waals surface area contributed by atoms with Crippen LogP contribution in [0.15, 0.2) is 71.6 Å². The van der Waals surface area contributed by atoms with Crippen molar-refractivity contribution in [2.75, 3.05) is 17.9 Å². The van der Waals surface area contributed by atoms with Crippen LogP contribution >= 0.6 is 0 Å². The van der Waals surface area contributed by atoms with Crippen molar-refractivity contribution in [3.63, 3.8) is 0 Å². The molecule has 0 saturated carbocycles. The van der Waals surface area contributed by atoms with Crippen LogP contribution in [0.25, 0.3) is 0 Å². The number of carbonyl (C=O) groups is 2. The third kappa shape index (κ3) is 6.61. The number of sulfonamides is 1. The van der Waals surface area contributed by atoms with Crippen LogP contribution in [-0.4, -0.2) is 44.8 Å². The number of benzene rings is 3. The molecule has 0 radical (unpaired) electrons. The molecule has 3 aromatic carbocycles. The topological polar surface area (TPSA) is 86.8 Å². The lowest BCUT2D eigenvalue weighted by Crippen LogP contribution is -2.51. The zero-order valence-electron chi connectivity index (χ0n) is 23.0. The Labute approximate surface area is 226 Å². The molecule has 8 heteroatoms. The SMILES string of the molecule is CC[C@H](C(=O)NC)N(Cc1cccc(C)c1)C(=O)CN(c1ccc(C)c(C)c1)S(=O)(=O)c1ccc(C)cc1. The van der Waals surface area contributed by atoms with Crippen molar-refractivity contribution in [2.45, 2.75) is 58.5 Å². The zero-order chi connectivity index (χ0) is 28.0. The van der Waals surface area contributed by atoms with Crippen LogP contribution in [-0.2, 0) is 26.2 Å². The number of likely N-dealkylation sites (N-methyl/N-ethyl adjacent to an activating group) is 1. The monoisotopic (exact) mass is 535 g/mol. The zero-order valence-corrected chi connectivity index (χ0v) is 23.8. The van der Waals surface area contributed by atoms with Crippen molar-refractivity contribution in [2.24, 2.45) is 0 Å². The fraction of sp³-hybridized carbons (Fsp3) is 0.333. The average molecular weight is 536 g/mol. The van der Waals surface area contributed by atoms with Crippen LogP contribution in [0.2, 0.25) is 0 Å². The van der Waals surface area contributed by atoms with Crippen LogP contribution in [0.1, 0.15) is 41.2 Å². The summed E-state index contributed by atoms with van der Waals surface area (Å²) in [6.07, 6.45) is 0.381. The minimum Gasteiger partial charge on any atom is -0.357 e. The van der Waals surface area contributed by atoms with Gasteiger partial charge < -0.3 is 10.2 Å². The van der Waals surface area contributed by atoms with E-state index in [2.05, 4.69) is 5.32 Å². The van der Waals surface area contributed by atoms with Crippen LogP contribution in [0.5, 0.6) is 0 Å². The molecule has 7 nitrogen and oxygen atoms in total. The summed E-state index contributed by atoms with van der Waals surface area (Å²) in [5.74, 6) is -0.761. The number of nitrogens with one attached hydrogen (secondary N) is 1. The summed E-state index contributed by atoms with van der Waals surface area (Å²) in [5, 5.41) is 2.64. The second-order valence-corrected chi connectivity index (χ2v) is 11.5. The Morgan fingerprint density at radius 3 is 2.13 bits per heavy atom. The molecule has 0 fully saturated rings. The minimum absolute atomic E-state index is 0.0951. The minimum atomic E-state index is -4.08. The van der Waals surface area contributed by atoms with Crippen LogP contribution < -0.4 is 9.62 Å². The van der Waals surface area contributed by atoms with Crippen molar-refractivity contribution in [3.05, 3.63) is 94.5 Å². The smallest absolute Gasteiger partial charge is 0.264 e. The number of aryl methyl sites for hydroxylation is 4. The lowest BCUT2D eigenvalue weighted by atomic mass is 10.1. The molecule has 202 valence electrons. The van der Waals surface area contributed by atoms with Gasteiger partial charge in [-0.3, -0.25) is 13.9 Å². The quantitative estimate of drug-likeness (QED) is 0.409. The van der Waals surface area contributed by atoms with Gasteiger partial charge in [-0.05, 0) is 75.1 Å². The summed E-state index contributed by atoms with van der Waals surface area (Å²) in [7, 11) is -2.55. The van der Waals surface area contributed by atoms with E-state index in [-0.39, 0.29) is 17.3 Å². The third-order valence-corrected chi connectivity index (χ3v) is 8.52. The molecule has 2 amide bonds. The highest BCUT2D eigenvalue weighted by molar-refractivity contribution is 7.92. The Kier molecular flexibility index (Phi) is 9.33. The first-order valence-corrected chi connectivity index (χ1v) is 14.1. The summed E-state index contributed by atoms with van der Waals surface area (Å²) in [4.78, 5) is 28.3. The Morgan fingerprint density at radius 2 is 1.55 bits per heavy atom. The van der Waals surface area contributed by atoms with E-state index in [1.165, 1.54) is 11.9 Å². The fourth-order valence-corrected chi connectivity index (χ4v) is 5.75. The van der Waals surface area contributed by atoms with Gasteiger partial charge in [-0.1, -0.05) is 60.5 Å². The maximum Gasteiger partial charge on any atom is 0.264 e. The van der Waals surface area contributed by atoms with Gasteiger partial charge in [0.05, 0.1) is 10.6 Å². The van der Waals surface area contributed by atoms with Crippen molar-refractivity contribution in [3.8, 4) is 0 Å². The summed E-state index contributed by atoms with van der Waals surface area (Å²) < 4.78 is 29.0. The molecule has 0 aromatic heterocycles. The summed E-state index contributed by atoms with van der Waals surface area (Å²) in [6, 6.07) is 18.9. The normalized spacial score (nSPS) is 12.1. The number of rotatable bonds is 10. The number of hydrogen-bond acceptors (Lipinski definition) is 4. The van der Waals surface area contributed by atoms with E-state index in [1.807, 2.05) is 65.0 Å². The molecule has 0 unspecified atom stereocenters. The molecule has 3 aromatic rings. The van der Waals surface area contributed by atoms with Gasteiger partial charge in [-0.2, -0.15) is 0 Å². The van der Waals surface area contributed by atoms with Gasteiger partial charge in [0.2, 0.25) is 11.8 Å². The molecule has 1 atom stereocenters. The van der Waals surface area contributed by atoms with Gasteiger partial charge in [-0.25, -0.2) is 8.42 Å². The lowest BCUT2D eigenvalue weighted by Gasteiger charge is -2.33.